The van der Waals surface area contributed by atoms with Crippen molar-refractivity contribution >= 4 is 17.7 Å². The fourth-order valence-electron chi connectivity index (χ4n) is 4.60. The van der Waals surface area contributed by atoms with Gasteiger partial charge in [0.15, 0.2) is 0 Å². The van der Waals surface area contributed by atoms with E-state index in [0.29, 0.717) is 19.1 Å². The summed E-state index contributed by atoms with van der Waals surface area (Å²) in [6.45, 7) is 1.24. The minimum absolute atomic E-state index is 0.111. The van der Waals surface area contributed by atoms with Crippen LogP contribution in [0, 0.1) is 11.8 Å². The Morgan fingerprint density at radius 2 is 1.83 bits per heavy atom. The summed E-state index contributed by atoms with van der Waals surface area (Å²) < 4.78 is 5.71. The number of piperidine rings is 1. The third-order valence-corrected chi connectivity index (χ3v) is 5.85. The first-order valence-electron chi connectivity index (χ1n) is 8.56. The van der Waals surface area contributed by atoms with Crippen LogP contribution in [0.5, 0.6) is 0 Å². The van der Waals surface area contributed by atoms with Crippen LogP contribution in [-0.4, -0.2) is 72.5 Å². The molecule has 4 rings (SSSR count). The first-order chi connectivity index (χ1) is 11.1. The standard InChI is InChI=1S/C16H23N3O4/c1-17-9-3-2-6-18(7-9)12(20)8-19-15(21)13-10-4-5-11(23-10)14(13)16(19)22/h9-11,13-14,17H,2-8H2,1H3. The summed E-state index contributed by atoms with van der Waals surface area (Å²) in [5.74, 6) is -1.23. The van der Waals surface area contributed by atoms with Crippen molar-refractivity contribution in [2.75, 3.05) is 26.7 Å². The molecule has 0 aliphatic carbocycles. The summed E-state index contributed by atoms with van der Waals surface area (Å²) in [4.78, 5) is 40.6. The Bertz CT molecular complexity index is 523. The minimum Gasteiger partial charge on any atom is -0.373 e. The summed E-state index contributed by atoms with van der Waals surface area (Å²) in [5, 5.41) is 3.19. The lowest BCUT2D eigenvalue weighted by atomic mass is 9.81. The van der Waals surface area contributed by atoms with Gasteiger partial charge in [0, 0.05) is 19.1 Å². The van der Waals surface area contributed by atoms with Crippen LogP contribution in [0.4, 0.5) is 0 Å². The number of imide groups is 1. The van der Waals surface area contributed by atoms with Crippen molar-refractivity contribution in [2.24, 2.45) is 11.8 Å². The molecule has 5 atom stereocenters. The van der Waals surface area contributed by atoms with E-state index in [-0.39, 0.29) is 48.3 Å². The Balaban J connectivity index is 1.44. The van der Waals surface area contributed by atoms with Gasteiger partial charge in [-0.2, -0.15) is 0 Å². The summed E-state index contributed by atoms with van der Waals surface area (Å²) in [5.41, 5.74) is 0. The molecule has 0 spiro atoms. The van der Waals surface area contributed by atoms with E-state index < -0.39 is 0 Å². The number of rotatable bonds is 3. The average molecular weight is 321 g/mol. The third kappa shape index (κ3) is 2.29. The SMILES string of the molecule is CNC1CCCN(C(=O)CN2C(=O)C3C4CCC(O4)C3C2=O)C1. The summed E-state index contributed by atoms with van der Waals surface area (Å²) in [6.07, 6.45) is 3.45. The van der Waals surface area contributed by atoms with Crippen molar-refractivity contribution < 1.29 is 19.1 Å². The van der Waals surface area contributed by atoms with Crippen LogP contribution in [0.3, 0.4) is 0 Å². The lowest BCUT2D eigenvalue weighted by Gasteiger charge is -2.33. The van der Waals surface area contributed by atoms with Crippen LogP contribution >= 0.6 is 0 Å². The lowest BCUT2D eigenvalue weighted by Crippen LogP contribution is -2.51. The molecule has 23 heavy (non-hydrogen) atoms. The van der Waals surface area contributed by atoms with Crippen LogP contribution in [0.1, 0.15) is 25.7 Å². The van der Waals surface area contributed by atoms with E-state index >= 15 is 0 Å². The van der Waals surface area contributed by atoms with Crippen LogP contribution in [-0.2, 0) is 19.1 Å². The van der Waals surface area contributed by atoms with Gasteiger partial charge in [0.25, 0.3) is 0 Å². The number of hydrogen-bond donors (Lipinski definition) is 1. The zero-order chi connectivity index (χ0) is 16.1. The van der Waals surface area contributed by atoms with Gasteiger partial charge in [-0.1, -0.05) is 0 Å². The minimum atomic E-state index is -0.347. The van der Waals surface area contributed by atoms with Gasteiger partial charge in [0.05, 0.1) is 24.0 Å². The number of likely N-dealkylation sites (N-methyl/N-ethyl adjacent to an activating group) is 1. The lowest BCUT2D eigenvalue weighted by molar-refractivity contribution is -0.149. The van der Waals surface area contributed by atoms with Crippen LogP contribution in [0.2, 0.25) is 0 Å². The molecule has 0 aromatic heterocycles. The van der Waals surface area contributed by atoms with Gasteiger partial charge in [-0.3, -0.25) is 19.3 Å². The van der Waals surface area contributed by atoms with Gasteiger partial charge in [0.2, 0.25) is 17.7 Å². The predicted octanol–water partition coefficient (Wildman–Crippen LogP) is -0.641. The first kappa shape index (κ1) is 15.1. The highest BCUT2D eigenvalue weighted by atomic mass is 16.5. The molecule has 1 N–H and O–H groups in total. The van der Waals surface area contributed by atoms with E-state index in [2.05, 4.69) is 5.32 Å². The highest BCUT2D eigenvalue weighted by Gasteiger charge is 2.62. The molecule has 4 saturated heterocycles. The van der Waals surface area contributed by atoms with Crippen LogP contribution in [0.25, 0.3) is 0 Å². The summed E-state index contributed by atoms with van der Waals surface area (Å²) >= 11 is 0. The molecule has 7 nitrogen and oxygen atoms in total. The van der Waals surface area contributed by atoms with E-state index in [9.17, 15) is 14.4 Å². The topological polar surface area (TPSA) is 79.0 Å². The van der Waals surface area contributed by atoms with Gasteiger partial charge in [-0.25, -0.2) is 0 Å². The molecule has 0 radical (unpaired) electrons. The van der Waals surface area contributed by atoms with E-state index in [4.69, 9.17) is 4.74 Å². The Kier molecular flexibility index (Phi) is 3.65. The molecule has 4 fully saturated rings. The molecule has 0 aromatic rings. The Morgan fingerprint density at radius 3 is 2.43 bits per heavy atom. The molecule has 4 aliphatic heterocycles. The molecule has 4 aliphatic rings. The van der Waals surface area contributed by atoms with Crippen molar-refractivity contribution in [3.8, 4) is 0 Å². The van der Waals surface area contributed by atoms with Crippen LogP contribution < -0.4 is 5.32 Å². The molecular formula is C16H23N3O4. The predicted molar refractivity (Wildman–Crippen MR) is 80.3 cm³/mol. The number of ether oxygens (including phenoxy) is 1. The Hall–Kier alpha value is -1.47. The molecule has 4 heterocycles. The van der Waals surface area contributed by atoms with Gasteiger partial charge in [-0.15, -0.1) is 0 Å². The number of fused-ring (bicyclic) bond motifs is 5. The van der Waals surface area contributed by atoms with Crippen molar-refractivity contribution in [1.82, 2.24) is 15.1 Å². The maximum Gasteiger partial charge on any atom is 0.242 e. The van der Waals surface area contributed by atoms with Gasteiger partial charge in [-0.05, 0) is 32.7 Å². The second-order valence-electron chi connectivity index (χ2n) is 7.07. The number of carbonyl (C=O) groups is 3. The third-order valence-electron chi connectivity index (χ3n) is 5.85. The molecule has 0 saturated carbocycles. The maximum absolute atomic E-state index is 12.6. The quantitative estimate of drug-likeness (QED) is 0.700. The van der Waals surface area contributed by atoms with Gasteiger partial charge >= 0.3 is 0 Å². The number of hydrogen-bond acceptors (Lipinski definition) is 5. The zero-order valence-corrected chi connectivity index (χ0v) is 13.4. The highest BCUT2D eigenvalue weighted by Crippen LogP contribution is 2.48. The smallest absolute Gasteiger partial charge is 0.242 e. The van der Waals surface area contributed by atoms with E-state index in [0.717, 1.165) is 25.7 Å². The molecule has 3 amide bonds. The molecule has 5 unspecified atom stereocenters. The van der Waals surface area contributed by atoms with Crippen molar-refractivity contribution in [3.05, 3.63) is 0 Å². The molecule has 0 aromatic carbocycles. The Morgan fingerprint density at radius 1 is 1.17 bits per heavy atom. The molecule has 2 bridgehead atoms. The monoisotopic (exact) mass is 321 g/mol. The fraction of sp³-hybridized carbons (Fsp3) is 0.812. The second-order valence-corrected chi connectivity index (χ2v) is 7.07. The molecule has 126 valence electrons. The normalized spacial score (nSPS) is 39.3. The van der Waals surface area contributed by atoms with Crippen molar-refractivity contribution in [1.29, 1.82) is 0 Å². The summed E-state index contributed by atoms with van der Waals surface area (Å²) in [7, 11) is 1.89. The molecular weight excluding hydrogens is 298 g/mol. The number of carbonyl (C=O) groups excluding carboxylic acids is 3. The van der Waals surface area contributed by atoms with Crippen LogP contribution in [0.15, 0.2) is 0 Å². The van der Waals surface area contributed by atoms with Crippen molar-refractivity contribution in [2.45, 2.75) is 43.9 Å². The zero-order valence-electron chi connectivity index (χ0n) is 13.4. The number of amides is 3. The number of nitrogens with zero attached hydrogens (tertiary/aromatic N) is 2. The largest absolute Gasteiger partial charge is 0.373 e. The second kappa shape index (κ2) is 5.56. The van der Waals surface area contributed by atoms with E-state index in [1.54, 1.807) is 4.90 Å². The maximum atomic E-state index is 12.6. The summed E-state index contributed by atoms with van der Waals surface area (Å²) in [6, 6.07) is 0.293. The molecule has 7 heteroatoms. The van der Waals surface area contributed by atoms with E-state index in [1.165, 1.54) is 4.90 Å². The van der Waals surface area contributed by atoms with E-state index in [1.807, 2.05) is 7.05 Å². The highest BCUT2D eigenvalue weighted by molar-refractivity contribution is 6.08. The first-order valence-corrected chi connectivity index (χ1v) is 8.56. The average Bonchev–Trinajstić information content (AvgIpc) is 3.24. The Labute approximate surface area is 135 Å². The van der Waals surface area contributed by atoms with Crippen molar-refractivity contribution in [3.63, 3.8) is 0 Å². The van der Waals surface area contributed by atoms with Gasteiger partial charge in [0.1, 0.15) is 6.54 Å². The number of likely N-dealkylation sites (tertiary alicyclic amines) is 2. The fourth-order valence-corrected chi connectivity index (χ4v) is 4.60. The van der Waals surface area contributed by atoms with Gasteiger partial charge < -0.3 is 15.0 Å². The number of nitrogens with one attached hydrogen (secondary N) is 1.